The molecule has 0 amide bonds. The molecule has 0 unspecified atom stereocenters. The summed E-state index contributed by atoms with van der Waals surface area (Å²) in [5.41, 5.74) is 9.52. The van der Waals surface area contributed by atoms with Gasteiger partial charge in [-0.05, 0) is 73.9 Å². The molecule has 3 aromatic heterocycles. The third-order valence-electron chi connectivity index (χ3n) is 5.18. The fourth-order valence-corrected chi connectivity index (χ4v) is 3.89. The van der Waals surface area contributed by atoms with Gasteiger partial charge in [0.2, 0.25) is 0 Å². The molecule has 3 aromatic rings. The number of fused-ring (bicyclic) bond motifs is 2. The lowest BCUT2D eigenvalue weighted by Crippen LogP contribution is -1.94. The summed E-state index contributed by atoms with van der Waals surface area (Å²) in [7, 11) is 0. The minimum absolute atomic E-state index is 0.996. The standard InChI is InChI=1S/C21H19N3/c1-4-14-10-16(12-22-18(14)6-1)20-8-3-9-21(24-20)17-11-15-5-2-7-19(15)23-13-17/h3,8-13H,1-2,4-7H2. The molecular formula is C21H19N3. The topological polar surface area (TPSA) is 38.7 Å². The highest BCUT2D eigenvalue weighted by molar-refractivity contribution is 5.66. The first-order valence-electron chi connectivity index (χ1n) is 8.80. The molecule has 0 atom stereocenters. The number of hydrogen-bond donors (Lipinski definition) is 0. The Kier molecular flexibility index (Phi) is 3.18. The summed E-state index contributed by atoms with van der Waals surface area (Å²) in [6.07, 6.45) is 10.9. The van der Waals surface area contributed by atoms with Crippen molar-refractivity contribution >= 4 is 0 Å². The maximum absolute atomic E-state index is 4.88. The van der Waals surface area contributed by atoms with Crippen LogP contribution in [0, 0.1) is 0 Å². The van der Waals surface area contributed by atoms with E-state index in [-0.39, 0.29) is 0 Å². The highest BCUT2D eigenvalue weighted by Gasteiger charge is 2.15. The Bertz CT molecular complexity index is 857. The number of nitrogens with zero attached hydrogens (tertiary/aromatic N) is 3. The summed E-state index contributed by atoms with van der Waals surface area (Å²) < 4.78 is 0. The smallest absolute Gasteiger partial charge is 0.0725 e. The molecule has 0 aromatic carbocycles. The number of rotatable bonds is 2. The molecule has 2 aliphatic carbocycles. The maximum Gasteiger partial charge on any atom is 0.0725 e. The number of pyridine rings is 3. The molecule has 0 spiro atoms. The Balaban J connectivity index is 1.54. The Labute approximate surface area is 141 Å². The van der Waals surface area contributed by atoms with E-state index in [0.29, 0.717) is 0 Å². The van der Waals surface area contributed by atoms with E-state index in [1.54, 1.807) is 0 Å². The summed E-state index contributed by atoms with van der Waals surface area (Å²) in [5.74, 6) is 0. The fraction of sp³-hybridized carbons (Fsp3) is 0.286. The van der Waals surface area contributed by atoms with E-state index >= 15 is 0 Å². The molecule has 0 saturated heterocycles. The largest absolute Gasteiger partial charge is 0.260 e. The normalized spacial score (nSPS) is 15.3. The molecule has 5 rings (SSSR count). The zero-order valence-electron chi connectivity index (χ0n) is 13.6. The van der Waals surface area contributed by atoms with Gasteiger partial charge >= 0.3 is 0 Å². The first-order valence-corrected chi connectivity index (χ1v) is 8.80. The van der Waals surface area contributed by atoms with Crippen LogP contribution in [0.25, 0.3) is 22.5 Å². The van der Waals surface area contributed by atoms with Crippen LogP contribution in [0.5, 0.6) is 0 Å². The van der Waals surface area contributed by atoms with Crippen LogP contribution in [0.4, 0.5) is 0 Å². The Morgan fingerprint density at radius 3 is 1.75 bits per heavy atom. The molecule has 3 heterocycles. The Hall–Kier alpha value is -2.55. The summed E-state index contributed by atoms with van der Waals surface area (Å²) in [5, 5.41) is 0. The summed E-state index contributed by atoms with van der Waals surface area (Å²) >= 11 is 0. The van der Waals surface area contributed by atoms with Crippen LogP contribution in [0.3, 0.4) is 0 Å². The van der Waals surface area contributed by atoms with Crippen molar-refractivity contribution in [1.29, 1.82) is 0 Å². The molecule has 0 fully saturated rings. The predicted molar refractivity (Wildman–Crippen MR) is 94.7 cm³/mol. The molecule has 0 saturated carbocycles. The van der Waals surface area contributed by atoms with Gasteiger partial charge in [-0.1, -0.05) is 6.07 Å². The van der Waals surface area contributed by atoms with Crippen LogP contribution in [-0.4, -0.2) is 15.0 Å². The molecule has 118 valence electrons. The highest BCUT2D eigenvalue weighted by Crippen LogP contribution is 2.28. The fourth-order valence-electron chi connectivity index (χ4n) is 3.89. The van der Waals surface area contributed by atoms with Gasteiger partial charge in [0, 0.05) is 34.9 Å². The van der Waals surface area contributed by atoms with Gasteiger partial charge in [0.1, 0.15) is 0 Å². The van der Waals surface area contributed by atoms with E-state index < -0.39 is 0 Å². The summed E-state index contributed by atoms with van der Waals surface area (Å²) in [6, 6.07) is 10.8. The van der Waals surface area contributed by atoms with Gasteiger partial charge in [0.25, 0.3) is 0 Å². The van der Waals surface area contributed by atoms with E-state index in [1.165, 1.54) is 35.4 Å². The predicted octanol–water partition coefficient (Wildman–Crippen LogP) is 4.18. The molecule has 0 radical (unpaired) electrons. The van der Waals surface area contributed by atoms with Crippen LogP contribution in [0.2, 0.25) is 0 Å². The average molecular weight is 313 g/mol. The van der Waals surface area contributed by atoms with Gasteiger partial charge in [0.15, 0.2) is 0 Å². The van der Waals surface area contributed by atoms with Gasteiger partial charge in [-0.3, -0.25) is 9.97 Å². The summed E-state index contributed by atoms with van der Waals surface area (Å²) in [6.45, 7) is 0. The lowest BCUT2D eigenvalue weighted by molar-refractivity contribution is 0.899. The van der Waals surface area contributed by atoms with Crippen molar-refractivity contribution < 1.29 is 0 Å². The highest BCUT2D eigenvalue weighted by atomic mass is 14.8. The number of aromatic nitrogens is 3. The first kappa shape index (κ1) is 13.8. The van der Waals surface area contributed by atoms with Gasteiger partial charge in [0.05, 0.1) is 11.4 Å². The monoisotopic (exact) mass is 313 g/mol. The van der Waals surface area contributed by atoms with Gasteiger partial charge in [-0.25, -0.2) is 4.98 Å². The lowest BCUT2D eigenvalue weighted by Gasteiger charge is -2.08. The minimum atomic E-state index is 0.996. The summed E-state index contributed by atoms with van der Waals surface area (Å²) in [4.78, 5) is 14.2. The van der Waals surface area contributed by atoms with Crippen molar-refractivity contribution in [2.45, 2.75) is 38.5 Å². The molecule has 3 nitrogen and oxygen atoms in total. The maximum atomic E-state index is 4.88. The van der Waals surface area contributed by atoms with Crippen molar-refractivity contribution in [3.8, 4) is 22.5 Å². The Morgan fingerprint density at radius 1 is 0.667 bits per heavy atom. The third kappa shape index (κ3) is 2.32. The van der Waals surface area contributed by atoms with Crippen molar-refractivity contribution in [2.75, 3.05) is 0 Å². The third-order valence-corrected chi connectivity index (χ3v) is 5.18. The molecule has 0 N–H and O–H groups in total. The zero-order valence-corrected chi connectivity index (χ0v) is 13.6. The van der Waals surface area contributed by atoms with E-state index in [1.807, 2.05) is 12.4 Å². The van der Waals surface area contributed by atoms with Crippen molar-refractivity contribution in [2.24, 2.45) is 0 Å². The van der Waals surface area contributed by atoms with E-state index in [4.69, 9.17) is 4.98 Å². The van der Waals surface area contributed by atoms with Crippen LogP contribution in [0.15, 0.2) is 42.7 Å². The first-order chi connectivity index (χ1) is 11.9. The molecule has 24 heavy (non-hydrogen) atoms. The second kappa shape index (κ2) is 5.52. The van der Waals surface area contributed by atoms with Crippen LogP contribution in [0.1, 0.15) is 35.4 Å². The van der Waals surface area contributed by atoms with Gasteiger partial charge in [-0.15, -0.1) is 0 Å². The molecule has 0 bridgehead atoms. The second-order valence-corrected chi connectivity index (χ2v) is 6.77. The molecule has 2 aliphatic rings. The Morgan fingerprint density at radius 2 is 1.21 bits per heavy atom. The average Bonchev–Trinajstić information content (AvgIpc) is 3.29. The quantitative estimate of drug-likeness (QED) is 0.712. The zero-order chi connectivity index (χ0) is 15.9. The lowest BCUT2D eigenvalue weighted by atomic mass is 10.1. The second-order valence-electron chi connectivity index (χ2n) is 6.77. The van der Waals surface area contributed by atoms with Crippen LogP contribution in [-0.2, 0) is 25.7 Å². The van der Waals surface area contributed by atoms with Crippen LogP contribution >= 0.6 is 0 Å². The van der Waals surface area contributed by atoms with E-state index in [9.17, 15) is 0 Å². The van der Waals surface area contributed by atoms with Crippen LogP contribution < -0.4 is 0 Å². The van der Waals surface area contributed by atoms with Gasteiger partial charge in [-0.2, -0.15) is 0 Å². The minimum Gasteiger partial charge on any atom is -0.260 e. The number of hydrogen-bond acceptors (Lipinski definition) is 3. The SMILES string of the molecule is c1cc(-c2cnc3c(c2)CCC3)nc(-c2cnc3c(c2)CCC3)c1. The van der Waals surface area contributed by atoms with Gasteiger partial charge < -0.3 is 0 Å². The van der Waals surface area contributed by atoms with Crippen molar-refractivity contribution in [3.63, 3.8) is 0 Å². The van der Waals surface area contributed by atoms with Crippen molar-refractivity contribution in [1.82, 2.24) is 15.0 Å². The number of aryl methyl sites for hydroxylation is 4. The van der Waals surface area contributed by atoms with E-state index in [0.717, 1.165) is 48.2 Å². The molecule has 0 aliphatic heterocycles. The molecule has 3 heteroatoms. The van der Waals surface area contributed by atoms with E-state index in [2.05, 4.69) is 40.3 Å². The molecular weight excluding hydrogens is 294 g/mol. The van der Waals surface area contributed by atoms with Crippen molar-refractivity contribution in [3.05, 3.63) is 65.2 Å².